The third-order valence-corrected chi connectivity index (χ3v) is 4.54. The molecule has 1 amide bonds. The average Bonchev–Trinajstić information content (AvgIpc) is 3.08. The van der Waals surface area contributed by atoms with Gasteiger partial charge in [-0.3, -0.25) is 14.7 Å². The van der Waals surface area contributed by atoms with Crippen LogP contribution >= 0.6 is 0 Å². The Balaban J connectivity index is 1.76. The van der Waals surface area contributed by atoms with Crippen molar-refractivity contribution in [2.24, 2.45) is 0 Å². The van der Waals surface area contributed by atoms with Crippen molar-refractivity contribution in [1.82, 2.24) is 15.1 Å². The lowest BCUT2D eigenvalue weighted by Crippen LogP contribution is -2.36. The van der Waals surface area contributed by atoms with Crippen LogP contribution in [0.2, 0.25) is 0 Å². The summed E-state index contributed by atoms with van der Waals surface area (Å²) in [5.41, 5.74) is 2.00. The van der Waals surface area contributed by atoms with Crippen LogP contribution in [0.15, 0.2) is 24.3 Å². The Labute approximate surface area is 153 Å². The van der Waals surface area contributed by atoms with Gasteiger partial charge in [0.05, 0.1) is 24.8 Å². The van der Waals surface area contributed by atoms with Crippen LogP contribution in [-0.4, -0.2) is 40.6 Å². The number of aromatic amines is 1. The van der Waals surface area contributed by atoms with Gasteiger partial charge in [0.2, 0.25) is 5.91 Å². The zero-order valence-electron chi connectivity index (χ0n) is 14.6. The zero-order valence-corrected chi connectivity index (χ0v) is 14.6. The molecule has 0 fully saturated rings. The summed E-state index contributed by atoms with van der Waals surface area (Å²) in [5, 5.41) is 7.13. The zero-order chi connectivity index (χ0) is 19.6. The fourth-order valence-corrected chi connectivity index (χ4v) is 3.03. The fourth-order valence-electron chi connectivity index (χ4n) is 3.03. The first kappa shape index (κ1) is 18.9. The molecule has 144 valence electrons. The summed E-state index contributed by atoms with van der Waals surface area (Å²) < 4.78 is 42.7. The van der Waals surface area contributed by atoms with Gasteiger partial charge in [-0.25, -0.2) is 0 Å². The third kappa shape index (κ3) is 4.12. The van der Waals surface area contributed by atoms with Crippen LogP contribution < -0.4 is 0 Å². The first-order valence-electron chi connectivity index (χ1n) is 8.38. The van der Waals surface area contributed by atoms with Crippen molar-refractivity contribution in [3.05, 3.63) is 41.1 Å². The monoisotopic (exact) mass is 381 g/mol. The Hall–Kier alpha value is -2.84. The summed E-state index contributed by atoms with van der Waals surface area (Å²) in [6.07, 6.45) is -3.77. The maximum absolute atomic E-state index is 12.7. The number of nitrogens with zero attached hydrogens (tertiary/aromatic N) is 2. The standard InChI is InChI=1S/C18H18F3N3O3/c1-27-16(26)7-6-15(25)24-9-8-14-13(10-24)17(23-22-14)11-2-4-12(5-3-11)18(19,20)21/h2-5H,6-10H2,1H3,(H,22,23). The Morgan fingerprint density at radius 3 is 2.56 bits per heavy atom. The van der Waals surface area contributed by atoms with E-state index >= 15 is 0 Å². The van der Waals surface area contributed by atoms with E-state index in [9.17, 15) is 22.8 Å². The molecule has 27 heavy (non-hydrogen) atoms. The summed E-state index contributed by atoms with van der Waals surface area (Å²) in [5.74, 6) is -0.625. The Morgan fingerprint density at radius 1 is 1.22 bits per heavy atom. The van der Waals surface area contributed by atoms with E-state index < -0.39 is 17.7 Å². The Morgan fingerprint density at radius 2 is 1.93 bits per heavy atom. The van der Waals surface area contributed by atoms with Crippen LogP contribution in [0, 0.1) is 0 Å². The number of halogens is 3. The fraction of sp³-hybridized carbons (Fsp3) is 0.389. The van der Waals surface area contributed by atoms with E-state index in [2.05, 4.69) is 14.9 Å². The number of aromatic nitrogens is 2. The molecule has 1 aliphatic heterocycles. The topological polar surface area (TPSA) is 75.3 Å². The number of H-pyrrole nitrogens is 1. The van der Waals surface area contributed by atoms with Crippen molar-refractivity contribution in [3.63, 3.8) is 0 Å². The second kappa shape index (κ2) is 7.42. The number of methoxy groups -OCH3 is 1. The SMILES string of the molecule is COC(=O)CCC(=O)N1CCc2[nH]nc(-c3ccc(C(F)(F)F)cc3)c2C1. The van der Waals surface area contributed by atoms with Crippen LogP contribution in [0.5, 0.6) is 0 Å². The quantitative estimate of drug-likeness (QED) is 0.827. The molecule has 0 atom stereocenters. The van der Waals surface area contributed by atoms with E-state index in [4.69, 9.17) is 0 Å². The van der Waals surface area contributed by atoms with Crippen molar-refractivity contribution in [2.75, 3.05) is 13.7 Å². The van der Waals surface area contributed by atoms with Gasteiger partial charge in [0, 0.05) is 42.8 Å². The summed E-state index contributed by atoms with van der Waals surface area (Å²) >= 11 is 0. The summed E-state index contributed by atoms with van der Waals surface area (Å²) in [6, 6.07) is 4.77. The molecule has 0 saturated heterocycles. The number of hydrogen-bond donors (Lipinski definition) is 1. The maximum atomic E-state index is 12.7. The molecule has 2 aromatic rings. The van der Waals surface area contributed by atoms with Crippen LogP contribution in [0.1, 0.15) is 29.7 Å². The van der Waals surface area contributed by atoms with Crippen molar-refractivity contribution in [1.29, 1.82) is 0 Å². The van der Waals surface area contributed by atoms with Gasteiger partial charge in [-0.05, 0) is 12.1 Å². The minimum absolute atomic E-state index is 0.00976. The summed E-state index contributed by atoms with van der Waals surface area (Å²) in [7, 11) is 1.27. The second-order valence-electron chi connectivity index (χ2n) is 6.25. The number of nitrogens with one attached hydrogen (secondary N) is 1. The molecular formula is C18H18F3N3O3. The Bertz CT molecular complexity index is 844. The first-order valence-corrected chi connectivity index (χ1v) is 8.38. The third-order valence-electron chi connectivity index (χ3n) is 4.54. The normalized spacial score (nSPS) is 14.0. The maximum Gasteiger partial charge on any atom is 0.416 e. The number of carbonyl (C=O) groups is 2. The van der Waals surface area contributed by atoms with Crippen LogP contribution in [-0.2, 0) is 33.5 Å². The van der Waals surface area contributed by atoms with Crippen molar-refractivity contribution < 1.29 is 27.5 Å². The van der Waals surface area contributed by atoms with Crippen LogP contribution in [0.25, 0.3) is 11.3 Å². The van der Waals surface area contributed by atoms with Gasteiger partial charge in [0.1, 0.15) is 0 Å². The molecule has 3 rings (SSSR count). The molecule has 1 aromatic heterocycles. The molecule has 0 saturated carbocycles. The van der Waals surface area contributed by atoms with Gasteiger partial charge in [-0.15, -0.1) is 0 Å². The highest BCUT2D eigenvalue weighted by Crippen LogP contribution is 2.33. The predicted molar refractivity (Wildman–Crippen MR) is 89.4 cm³/mol. The lowest BCUT2D eigenvalue weighted by Gasteiger charge is -2.27. The molecule has 0 spiro atoms. The highest BCUT2D eigenvalue weighted by atomic mass is 19.4. The number of esters is 1. The molecule has 2 heterocycles. The minimum Gasteiger partial charge on any atom is -0.469 e. The largest absolute Gasteiger partial charge is 0.469 e. The molecule has 9 heteroatoms. The van der Waals surface area contributed by atoms with E-state index in [1.54, 1.807) is 4.90 Å². The lowest BCUT2D eigenvalue weighted by molar-refractivity contribution is -0.143. The number of ether oxygens (including phenoxy) is 1. The molecule has 0 bridgehead atoms. The second-order valence-corrected chi connectivity index (χ2v) is 6.25. The molecule has 1 N–H and O–H groups in total. The number of benzene rings is 1. The van der Waals surface area contributed by atoms with E-state index in [0.29, 0.717) is 30.8 Å². The number of hydrogen-bond acceptors (Lipinski definition) is 4. The van der Waals surface area contributed by atoms with Crippen LogP contribution in [0.3, 0.4) is 0 Å². The summed E-state index contributed by atoms with van der Waals surface area (Å²) in [4.78, 5) is 25.1. The van der Waals surface area contributed by atoms with Crippen molar-refractivity contribution >= 4 is 11.9 Å². The highest BCUT2D eigenvalue weighted by molar-refractivity contribution is 5.81. The van der Waals surface area contributed by atoms with Gasteiger partial charge in [0.15, 0.2) is 0 Å². The number of rotatable bonds is 4. The lowest BCUT2D eigenvalue weighted by atomic mass is 10.00. The van der Waals surface area contributed by atoms with Crippen molar-refractivity contribution in [3.8, 4) is 11.3 Å². The predicted octanol–water partition coefficient (Wildman–Crippen LogP) is 2.93. The van der Waals surface area contributed by atoms with E-state index in [-0.39, 0.29) is 18.7 Å². The molecule has 1 aliphatic rings. The van der Waals surface area contributed by atoms with Crippen LogP contribution in [0.4, 0.5) is 13.2 Å². The minimum atomic E-state index is -4.40. The van der Waals surface area contributed by atoms with Gasteiger partial charge in [-0.1, -0.05) is 12.1 Å². The molecule has 0 aliphatic carbocycles. The molecular weight excluding hydrogens is 363 g/mol. The molecule has 0 radical (unpaired) electrons. The number of carbonyl (C=O) groups excluding carboxylic acids is 2. The summed E-state index contributed by atoms with van der Waals surface area (Å²) in [6.45, 7) is 0.782. The van der Waals surface area contributed by atoms with E-state index in [0.717, 1.165) is 23.4 Å². The average molecular weight is 381 g/mol. The molecule has 6 nitrogen and oxygen atoms in total. The van der Waals surface area contributed by atoms with Gasteiger partial charge in [-0.2, -0.15) is 18.3 Å². The Kier molecular flexibility index (Phi) is 5.20. The van der Waals surface area contributed by atoms with E-state index in [1.165, 1.54) is 19.2 Å². The smallest absolute Gasteiger partial charge is 0.416 e. The van der Waals surface area contributed by atoms with Gasteiger partial charge in [0.25, 0.3) is 0 Å². The van der Waals surface area contributed by atoms with Gasteiger partial charge >= 0.3 is 12.1 Å². The van der Waals surface area contributed by atoms with Gasteiger partial charge < -0.3 is 9.64 Å². The number of fused-ring (bicyclic) bond motifs is 1. The number of amides is 1. The highest BCUT2D eigenvalue weighted by Gasteiger charge is 2.31. The molecule has 0 unspecified atom stereocenters. The van der Waals surface area contributed by atoms with E-state index in [1.807, 2.05) is 0 Å². The van der Waals surface area contributed by atoms with Crippen molar-refractivity contribution in [2.45, 2.75) is 32.0 Å². The number of alkyl halides is 3. The first-order chi connectivity index (χ1) is 12.8. The molecule has 1 aromatic carbocycles.